The monoisotopic (exact) mass is 279 g/mol. The maximum absolute atomic E-state index is 11.4. The summed E-state index contributed by atoms with van der Waals surface area (Å²) in [5.74, 6) is 0.737. The molecule has 2 heteroatoms. The van der Waals surface area contributed by atoms with Gasteiger partial charge in [-0.2, -0.15) is 0 Å². The molecule has 108 valence electrons. The number of aliphatic hydroxyl groups is 1. The fraction of sp³-hybridized carbons (Fsp3) is 0.421. The topological polar surface area (TPSA) is 33.1 Å². The Balaban J connectivity index is 1.68. The SMILES string of the molecule is OC1(Cc2ccccn2)C2CCC1Cc1ccccc1C2. The molecule has 2 atom stereocenters. The molecule has 2 bridgehead atoms. The van der Waals surface area contributed by atoms with E-state index in [1.165, 1.54) is 11.1 Å². The summed E-state index contributed by atoms with van der Waals surface area (Å²) in [6, 6.07) is 14.7. The van der Waals surface area contributed by atoms with Crippen LogP contribution in [0.3, 0.4) is 0 Å². The molecule has 4 rings (SSSR count). The van der Waals surface area contributed by atoms with E-state index in [0.717, 1.165) is 31.4 Å². The molecule has 2 aromatic rings. The highest BCUT2D eigenvalue weighted by Crippen LogP contribution is 2.48. The molecule has 0 radical (unpaired) electrons. The number of rotatable bonds is 2. The Bertz CT molecular complexity index is 604. The summed E-state index contributed by atoms with van der Waals surface area (Å²) in [7, 11) is 0. The van der Waals surface area contributed by atoms with Gasteiger partial charge in [-0.15, -0.1) is 0 Å². The number of fused-ring (bicyclic) bond motifs is 3. The summed E-state index contributed by atoms with van der Waals surface area (Å²) in [5, 5.41) is 11.4. The molecular formula is C19H21NO. The van der Waals surface area contributed by atoms with E-state index in [1.54, 1.807) is 0 Å². The number of hydrogen-bond donors (Lipinski definition) is 1. The standard InChI is InChI=1S/C19H21NO/c21-19(13-18-7-3-4-10-20-18)16-8-9-17(19)12-15-6-2-1-5-14(15)11-16/h1-7,10,16-17,21H,8-9,11-13H2. The van der Waals surface area contributed by atoms with Crippen LogP contribution >= 0.6 is 0 Å². The number of benzene rings is 1. The van der Waals surface area contributed by atoms with Gasteiger partial charge in [0.1, 0.15) is 0 Å². The van der Waals surface area contributed by atoms with E-state index in [4.69, 9.17) is 0 Å². The van der Waals surface area contributed by atoms with Gasteiger partial charge in [0.05, 0.1) is 5.60 Å². The molecule has 1 N–H and O–H groups in total. The zero-order valence-corrected chi connectivity index (χ0v) is 12.2. The van der Waals surface area contributed by atoms with Crippen molar-refractivity contribution in [3.8, 4) is 0 Å². The Labute approximate surface area is 125 Å². The van der Waals surface area contributed by atoms with Gasteiger partial charge < -0.3 is 5.11 Å². The highest BCUT2D eigenvalue weighted by atomic mass is 16.3. The van der Waals surface area contributed by atoms with Gasteiger partial charge in [0.2, 0.25) is 0 Å². The quantitative estimate of drug-likeness (QED) is 0.916. The first-order chi connectivity index (χ1) is 10.3. The lowest BCUT2D eigenvalue weighted by atomic mass is 9.79. The summed E-state index contributed by atoms with van der Waals surface area (Å²) >= 11 is 0. The maximum atomic E-state index is 11.4. The van der Waals surface area contributed by atoms with Gasteiger partial charge in [-0.3, -0.25) is 4.98 Å². The lowest BCUT2D eigenvalue weighted by Gasteiger charge is -2.33. The molecule has 0 saturated heterocycles. The molecule has 1 heterocycles. The van der Waals surface area contributed by atoms with E-state index in [-0.39, 0.29) is 0 Å². The second-order valence-corrected chi connectivity index (χ2v) is 6.64. The fourth-order valence-electron chi connectivity index (χ4n) is 4.36. The van der Waals surface area contributed by atoms with E-state index < -0.39 is 5.60 Å². The lowest BCUT2D eigenvalue weighted by molar-refractivity contribution is -0.0337. The summed E-state index contributed by atoms with van der Waals surface area (Å²) in [4.78, 5) is 4.43. The Morgan fingerprint density at radius 2 is 1.57 bits per heavy atom. The Morgan fingerprint density at radius 1 is 0.952 bits per heavy atom. The first kappa shape index (κ1) is 13.0. The van der Waals surface area contributed by atoms with Crippen LogP contribution in [0.2, 0.25) is 0 Å². The molecule has 2 aliphatic carbocycles. The second-order valence-electron chi connectivity index (χ2n) is 6.64. The summed E-state index contributed by atoms with van der Waals surface area (Å²) in [5.41, 5.74) is 3.30. The minimum atomic E-state index is -0.590. The number of nitrogens with zero attached hydrogens (tertiary/aromatic N) is 1. The van der Waals surface area contributed by atoms with Gasteiger partial charge >= 0.3 is 0 Å². The van der Waals surface area contributed by atoms with E-state index in [9.17, 15) is 5.11 Å². The minimum Gasteiger partial charge on any atom is -0.389 e. The smallest absolute Gasteiger partial charge is 0.0765 e. The largest absolute Gasteiger partial charge is 0.389 e. The van der Waals surface area contributed by atoms with E-state index in [1.807, 2.05) is 24.4 Å². The van der Waals surface area contributed by atoms with Gasteiger partial charge in [0.15, 0.2) is 0 Å². The van der Waals surface area contributed by atoms with Crippen LogP contribution in [0.15, 0.2) is 48.7 Å². The van der Waals surface area contributed by atoms with Gasteiger partial charge in [0.25, 0.3) is 0 Å². The highest BCUT2D eigenvalue weighted by Gasteiger charge is 2.50. The van der Waals surface area contributed by atoms with Crippen LogP contribution in [0.1, 0.15) is 29.7 Å². The average Bonchev–Trinajstić information content (AvgIpc) is 2.71. The lowest BCUT2D eigenvalue weighted by Crippen LogP contribution is -2.42. The molecule has 2 unspecified atom stereocenters. The molecule has 0 spiro atoms. The second kappa shape index (κ2) is 4.96. The molecule has 0 amide bonds. The fourth-order valence-corrected chi connectivity index (χ4v) is 4.36. The Kier molecular flexibility index (Phi) is 3.07. The third kappa shape index (κ3) is 2.18. The predicted octanol–water partition coefficient (Wildman–Crippen LogP) is 3.18. The van der Waals surface area contributed by atoms with Gasteiger partial charge in [-0.25, -0.2) is 0 Å². The van der Waals surface area contributed by atoms with Crippen LogP contribution in [-0.4, -0.2) is 15.7 Å². The van der Waals surface area contributed by atoms with Crippen LogP contribution in [0.4, 0.5) is 0 Å². The molecule has 1 aromatic heterocycles. The van der Waals surface area contributed by atoms with Crippen LogP contribution in [0.25, 0.3) is 0 Å². The van der Waals surface area contributed by atoms with Crippen molar-refractivity contribution < 1.29 is 5.11 Å². The van der Waals surface area contributed by atoms with Crippen molar-refractivity contribution in [2.75, 3.05) is 0 Å². The van der Waals surface area contributed by atoms with Crippen molar-refractivity contribution in [1.82, 2.24) is 4.98 Å². The normalized spacial score (nSPS) is 30.7. The molecule has 2 nitrogen and oxygen atoms in total. The summed E-state index contributed by atoms with van der Waals surface area (Å²) < 4.78 is 0. The first-order valence-electron chi connectivity index (χ1n) is 7.95. The van der Waals surface area contributed by atoms with Crippen LogP contribution in [0, 0.1) is 11.8 Å². The van der Waals surface area contributed by atoms with Crippen molar-refractivity contribution in [2.45, 2.75) is 37.7 Å². The van der Waals surface area contributed by atoms with Crippen molar-refractivity contribution in [3.63, 3.8) is 0 Å². The first-order valence-corrected chi connectivity index (χ1v) is 7.95. The molecule has 1 saturated carbocycles. The predicted molar refractivity (Wildman–Crippen MR) is 83.0 cm³/mol. The summed E-state index contributed by atoms with van der Waals surface area (Å²) in [6.07, 6.45) is 6.82. The molecule has 21 heavy (non-hydrogen) atoms. The zero-order valence-electron chi connectivity index (χ0n) is 12.2. The third-order valence-corrected chi connectivity index (χ3v) is 5.52. The number of pyridine rings is 1. The Hall–Kier alpha value is -1.67. The summed E-state index contributed by atoms with van der Waals surface area (Å²) in [6.45, 7) is 0. The van der Waals surface area contributed by atoms with Crippen molar-refractivity contribution in [1.29, 1.82) is 0 Å². The third-order valence-electron chi connectivity index (χ3n) is 5.52. The van der Waals surface area contributed by atoms with Crippen molar-refractivity contribution in [2.24, 2.45) is 11.8 Å². The molecule has 1 aromatic carbocycles. The highest BCUT2D eigenvalue weighted by molar-refractivity contribution is 5.32. The van der Waals surface area contributed by atoms with Crippen LogP contribution in [0.5, 0.6) is 0 Å². The van der Waals surface area contributed by atoms with Gasteiger partial charge in [-0.1, -0.05) is 30.3 Å². The van der Waals surface area contributed by atoms with E-state index in [2.05, 4.69) is 29.2 Å². The maximum Gasteiger partial charge on any atom is 0.0765 e. The zero-order chi connectivity index (χ0) is 14.3. The van der Waals surface area contributed by atoms with Crippen molar-refractivity contribution in [3.05, 3.63) is 65.5 Å². The average molecular weight is 279 g/mol. The van der Waals surface area contributed by atoms with Crippen LogP contribution in [-0.2, 0) is 19.3 Å². The van der Waals surface area contributed by atoms with Gasteiger partial charge in [0, 0.05) is 18.3 Å². The molecular weight excluding hydrogens is 258 g/mol. The van der Waals surface area contributed by atoms with Gasteiger partial charge in [-0.05, 0) is 60.8 Å². The van der Waals surface area contributed by atoms with E-state index >= 15 is 0 Å². The molecule has 1 fully saturated rings. The van der Waals surface area contributed by atoms with E-state index in [0.29, 0.717) is 18.3 Å². The molecule has 2 aliphatic rings. The van der Waals surface area contributed by atoms with Crippen molar-refractivity contribution >= 4 is 0 Å². The Morgan fingerprint density at radius 3 is 2.14 bits per heavy atom. The number of aromatic nitrogens is 1. The molecule has 0 aliphatic heterocycles. The minimum absolute atomic E-state index is 0.369. The van der Waals surface area contributed by atoms with Crippen LogP contribution < -0.4 is 0 Å². The number of hydrogen-bond acceptors (Lipinski definition) is 2.